The molecule has 0 saturated carbocycles. The second kappa shape index (κ2) is 6.67. The molecule has 2 aromatic rings. The van der Waals surface area contributed by atoms with E-state index in [0.717, 1.165) is 5.75 Å². The molecule has 21 heavy (non-hydrogen) atoms. The zero-order valence-electron chi connectivity index (χ0n) is 12.4. The molecule has 1 aromatic carbocycles. The number of halogens is 1. The zero-order valence-corrected chi connectivity index (χ0v) is 15.3. The predicted molar refractivity (Wildman–Crippen MR) is 97.3 cm³/mol. The first-order chi connectivity index (χ1) is 10.2. The molecule has 1 aromatic heterocycles. The van der Waals surface area contributed by atoms with Crippen LogP contribution in [0.1, 0.15) is 47.9 Å². The van der Waals surface area contributed by atoms with Crippen LogP contribution in [0.3, 0.4) is 0 Å². The molecule has 1 aliphatic carbocycles. The Morgan fingerprint density at radius 2 is 2.10 bits per heavy atom. The summed E-state index contributed by atoms with van der Waals surface area (Å²) in [5, 5.41) is 3.80. The van der Waals surface area contributed by atoms with Crippen molar-refractivity contribution in [1.29, 1.82) is 0 Å². The molecule has 1 heterocycles. The van der Waals surface area contributed by atoms with Gasteiger partial charge in [0.25, 0.3) is 0 Å². The third-order valence-corrected chi connectivity index (χ3v) is 6.12. The minimum absolute atomic E-state index is 0.351. The first-order valence-electron chi connectivity index (χ1n) is 7.35. The van der Waals surface area contributed by atoms with E-state index in [1.807, 2.05) is 23.5 Å². The summed E-state index contributed by atoms with van der Waals surface area (Å²) in [6, 6.07) is 11.6. The Kier molecular flexibility index (Phi) is 4.86. The molecule has 1 unspecified atom stereocenters. The van der Waals surface area contributed by atoms with Gasteiger partial charge in [-0.15, -0.1) is 11.3 Å². The van der Waals surface area contributed by atoms with Gasteiger partial charge in [-0.1, -0.05) is 12.1 Å². The van der Waals surface area contributed by atoms with Crippen LogP contribution in [0.5, 0.6) is 5.75 Å². The van der Waals surface area contributed by atoms with Crippen molar-refractivity contribution in [3.63, 3.8) is 0 Å². The molecular formula is C17H20INOS. The van der Waals surface area contributed by atoms with E-state index in [9.17, 15) is 0 Å². The molecule has 0 radical (unpaired) electrons. The lowest BCUT2D eigenvalue weighted by Crippen LogP contribution is -2.27. The van der Waals surface area contributed by atoms with Gasteiger partial charge >= 0.3 is 0 Å². The van der Waals surface area contributed by atoms with E-state index in [1.54, 1.807) is 12.0 Å². The lowest BCUT2D eigenvalue weighted by Gasteiger charge is -2.27. The Morgan fingerprint density at radius 3 is 2.81 bits per heavy atom. The molecule has 1 aliphatic rings. The molecule has 0 fully saturated rings. The van der Waals surface area contributed by atoms with Gasteiger partial charge in [0, 0.05) is 17.0 Å². The maximum absolute atomic E-state index is 5.23. The van der Waals surface area contributed by atoms with Crippen LogP contribution >= 0.6 is 33.9 Å². The highest BCUT2D eigenvalue weighted by Gasteiger charge is 2.24. The summed E-state index contributed by atoms with van der Waals surface area (Å²) >= 11 is 4.39. The van der Waals surface area contributed by atoms with Gasteiger partial charge in [0.1, 0.15) is 5.75 Å². The zero-order chi connectivity index (χ0) is 14.8. The van der Waals surface area contributed by atoms with Gasteiger partial charge in [0.2, 0.25) is 0 Å². The lowest BCUT2D eigenvalue weighted by atomic mass is 9.93. The summed E-state index contributed by atoms with van der Waals surface area (Å²) in [5.41, 5.74) is 2.84. The number of fused-ring (bicyclic) bond motifs is 1. The highest BCUT2D eigenvalue weighted by Crippen LogP contribution is 2.37. The fourth-order valence-electron chi connectivity index (χ4n) is 2.99. The Labute approximate surface area is 144 Å². The Morgan fingerprint density at radius 1 is 1.33 bits per heavy atom. The van der Waals surface area contributed by atoms with E-state index in [4.69, 9.17) is 4.74 Å². The second-order valence-electron chi connectivity index (χ2n) is 5.54. The number of aryl methyl sites for hydroxylation is 1. The number of methoxy groups -OCH3 is 1. The van der Waals surface area contributed by atoms with Gasteiger partial charge < -0.3 is 10.1 Å². The lowest BCUT2D eigenvalue weighted by molar-refractivity contribution is 0.410. The van der Waals surface area contributed by atoms with Gasteiger partial charge in [0.05, 0.1) is 9.99 Å². The third-order valence-electron chi connectivity index (χ3n) is 4.15. The van der Waals surface area contributed by atoms with E-state index in [1.165, 1.54) is 33.3 Å². The monoisotopic (exact) mass is 413 g/mol. The summed E-state index contributed by atoms with van der Waals surface area (Å²) in [6.07, 6.45) is 3.77. The molecule has 0 saturated heterocycles. The van der Waals surface area contributed by atoms with Gasteiger partial charge in [-0.25, -0.2) is 0 Å². The Bertz CT molecular complexity index is 608. The first kappa shape index (κ1) is 15.3. The van der Waals surface area contributed by atoms with Crippen LogP contribution in [0.25, 0.3) is 0 Å². The SMILES string of the molecule is COc1ccc([C@H](C)NC2CCCc3sc(I)cc32)cc1. The second-order valence-corrected chi connectivity index (χ2v) is 8.57. The molecule has 3 rings (SSSR count). The molecule has 0 amide bonds. The number of benzene rings is 1. The van der Waals surface area contributed by atoms with Crippen LogP contribution in [0, 0.1) is 2.88 Å². The fraction of sp³-hybridized carbons (Fsp3) is 0.412. The number of thiophene rings is 1. The third kappa shape index (κ3) is 3.43. The van der Waals surface area contributed by atoms with E-state index in [0.29, 0.717) is 12.1 Å². The molecule has 2 atom stereocenters. The quantitative estimate of drug-likeness (QED) is 0.706. The van der Waals surface area contributed by atoms with Crippen molar-refractivity contribution in [2.24, 2.45) is 0 Å². The van der Waals surface area contributed by atoms with Crippen molar-refractivity contribution >= 4 is 33.9 Å². The van der Waals surface area contributed by atoms with E-state index >= 15 is 0 Å². The smallest absolute Gasteiger partial charge is 0.118 e. The van der Waals surface area contributed by atoms with Crippen molar-refractivity contribution in [1.82, 2.24) is 5.32 Å². The summed E-state index contributed by atoms with van der Waals surface area (Å²) in [4.78, 5) is 1.57. The van der Waals surface area contributed by atoms with Crippen molar-refractivity contribution in [2.45, 2.75) is 38.3 Å². The highest BCUT2D eigenvalue weighted by molar-refractivity contribution is 14.1. The molecular weight excluding hydrogens is 393 g/mol. The number of hydrogen-bond donors (Lipinski definition) is 1. The number of ether oxygens (including phenoxy) is 1. The summed E-state index contributed by atoms with van der Waals surface area (Å²) in [6.45, 7) is 2.24. The molecule has 0 bridgehead atoms. The minimum Gasteiger partial charge on any atom is -0.497 e. The van der Waals surface area contributed by atoms with E-state index in [-0.39, 0.29) is 0 Å². The molecule has 112 valence electrons. The van der Waals surface area contributed by atoms with Crippen molar-refractivity contribution in [3.05, 3.63) is 49.2 Å². The molecule has 0 spiro atoms. The maximum atomic E-state index is 5.23. The number of nitrogens with one attached hydrogen (secondary N) is 1. The normalized spacial score (nSPS) is 19.1. The average Bonchev–Trinajstić information content (AvgIpc) is 2.88. The highest BCUT2D eigenvalue weighted by atomic mass is 127. The van der Waals surface area contributed by atoms with Crippen molar-refractivity contribution < 1.29 is 4.74 Å². The molecule has 4 heteroatoms. The molecule has 2 nitrogen and oxygen atoms in total. The Hall–Kier alpha value is -0.590. The maximum Gasteiger partial charge on any atom is 0.118 e. The Balaban J connectivity index is 1.74. The summed E-state index contributed by atoms with van der Waals surface area (Å²) < 4.78 is 6.63. The predicted octanol–water partition coefficient (Wildman–Crippen LogP) is 5.09. The summed E-state index contributed by atoms with van der Waals surface area (Å²) in [7, 11) is 1.71. The average molecular weight is 413 g/mol. The molecule has 1 N–H and O–H groups in total. The van der Waals surface area contributed by atoms with Crippen LogP contribution in [0.4, 0.5) is 0 Å². The van der Waals surface area contributed by atoms with Gasteiger partial charge in [-0.05, 0) is 78.1 Å². The largest absolute Gasteiger partial charge is 0.497 e. The van der Waals surface area contributed by atoms with Crippen LogP contribution in [0.2, 0.25) is 0 Å². The van der Waals surface area contributed by atoms with Crippen LogP contribution in [-0.2, 0) is 6.42 Å². The van der Waals surface area contributed by atoms with Gasteiger partial charge in [-0.3, -0.25) is 0 Å². The van der Waals surface area contributed by atoms with Crippen LogP contribution < -0.4 is 10.1 Å². The van der Waals surface area contributed by atoms with Crippen LogP contribution in [0.15, 0.2) is 30.3 Å². The van der Waals surface area contributed by atoms with Crippen molar-refractivity contribution in [2.75, 3.05) is 7.11 Å². The van der Waals surface area contributed by atoms with Gasteiger partial charge in [-0.2, -0.15) is 0 Å². The summed E-state index contributed by atoms with van der Waals surface area (Å²) in [5.74, 6) is 0.915. The van der Waals surface area contributed by atoms with Crippen molar-refractivity contribution in [3.8, 4) is 5.75 Å². The standard InChI is InChI=1S/C17H20INOS/c1-11(12-6-8-13(20-2)9-7-12)19-15-4-3-5-16-14(15)10-17(18)21-16/h6-11,15,19H,3-5H2,1-2H3/t11-,15?/m0/s1. The van der Waals surface area contributed by atoms with Crippen LogP contribution in [-0.4, -0.2) is 7.11 Å². The first-order valence-corrected chi connectivity index (χ1v) is 9.25. The minimum atomic E-state index is 0.351. The van der Waals surface area contributed by atoms with Gasteiger partial charge in [0.15, 0.2) is 0 Å². The van der Waals surface area contributed by atoms with E-state index in [2.05, 4.69) is 53.0 Å². The van der Waals surface area contributed by atoms with E-state index < -0.39 is 0 Å². The number of rotatable bonds is 4. The number of hydrogen-bond acceptors (Lipinski definition) is 3. The molecule has 0 aliphatic heterocycles. The fourth-order valence-corrected chi connectivity index (χ4v) is 5.10. The topological polar surface area (TPSA) is 21.3 Å².